The van der Waals surface area contributed by atoms with Crippen molar-refractivity contribution in [2.24, 2.45) is 0 Å². The van der Waals surface area contributed by atoms with Gasteiger partial charge in [-0.05, 0) is 38.1 Å². The second-order valence-corrected chi connectivity index (χ2v) is 7.09. The average molecular weight is 383 g/mol. The van der Waals surface area contributed by atoms with Crippen LogP contribution in [0.2, 0.25) is 0 Å². The number of rotatable bonds is 3. The molecule has 4 rings (SSSR count). The number of ether oxygens (including phenoxy) is 2. The van der Waals surface area contributed by atoms with Crippen molar-refractivity contribution in [3.63, 3.8) is 0 Å². The van der Waals surface area contributed by atoms with E-state index in [1.165, 1.54) is 0 Å². The summed E-state index contributed by atoms with van der Waals surface area (Å²) in [4.78, 5) is 25.9. The Balaban J connectivity index is 1.75. The maximum atomic E-state index is 12.3. The molecule has 1 fully saturated rings. The van der Waals surface area contributed by atoms with Crippen LogP contribution in [-0.4, -0.2) is 53.4 Å². The molecule has 8 heteroatoms. The number of fused-ring (bicyclic) bond motifs is 1. The molecule has 0 spiro atoms. The third-order valence-corrected chi connectivity index (χ3v) is 5.10. The molecule has 148 valence electrons. The Morgan fingerprint density at radius 1 is 1.29 bits per heavy atom. The zero-order chi connectivity index (χ0) is 19.7. The molecule has 2 aliphatic heterocycles. The molecule has 0 aliphatic carbocycles. The minimum Gasteiger partial charge on any atom is -0.450 e. The molecule has 0 bridgehead atoms. The topological polar surface area (TPSA) is 93.8 Å². The van der Waals surface area contributed by atoms with E-state index in [-0.39, 0.29) is 12.1 Å². The highest BCUT2D eigenvalue weighted by Gasteiger charge is 2.33. The molecule has 3 heterocycles. The largest absolute Gasteiger partial charge is 0.450 e. The average Bonchev–Trinajstić information content (AvgIpc) is 3.13. The van der Waals surface area contributed by atoms with Crippen LogP contribution < -0.4 is 10.6 Å². The van der Waals surface area contributed by atoms with Gasteiger partial charge in [0.1, 0.15) is 5.82 Å². The van der Waals surface area contributed by atoms with E-state index >= 15 is 0 Å². The molecular formula is C20H25N5O3. The Labute approximate surface area is 164 Å². The van der Waals surface area contributed by atoms with Crippen molar-refractivity contribution in [3.05, 3.63) is 35.5 Å². The van der Waals surface area contributed by atoms with Gasteiger partial charge in [-0.15, -0.1) is 0 Å². The SMILES string of the molecule is CCOC(=O)N1Cc2nc(-c3ccc(N)cc3)nc(N3CCOC[C@@H]3C)c2C1. The quantitative estimate of drug-likeness (QED) is 0.814. The van der Waals surface area contributed by atoms with E-state index in [9.17, 15) is 4.79 Å². The molecule has 8 nitrogen and oxygen atoms in total. The van der Waals surface area contributed by atoms with Crippen LogP contribution >= 0.6 is 0 Å². The number of anilines is 2. The molecule has 1 aromatic carbocycles. The Morgan fingerprint density at radius 3 is 2.79 bits per heavy atom. The van der Waals surface area contributed by atoms with Crippen LogP contribution in [0.4, 0.5) is 16.3 Å². The number of nitrogen functional groups attached to an aromatic ring is 1. The first-order chi connectivity index (χ1) is 13.6. The fourth-order valence-corrected chi connectivity index (χ4v) is 3.62. The standard InChI is InChI=1S/C20H25N5O3/c1-3-28-20(26)24-10-16-17(11-24)22-18(14-4-6-15(21)7-5-14)23-19(16)25-8-9-27-12-13(25)2/h4-7,13H,3,8-12,21H2,1-2H3/t13-/m0/s1. The minimum absolute atomic E-state index is 0.198. The number of amides is 1. The van der Waals surface area contributed by atoms with Crippen LogP contribution in [0, 0.1) is 0 Å². The van der Waals surface area contributed by atoms with Crippen molar-refractivity contribution in [1.29, 1.82) is 0 Å². The van der Waals surface area contributed by atoms with Crippen LogP contribution in [0.5, 0.6) is 0 Å². The normalized spacial score (nSPS) is 18.9. The summed E-state index contributed by atoms with van der Waals surface area (Å²) in [5, 5.41) is 0. The van der Waals surface area contributed by atoms with Crippen LogP contribution in [0.3, 0.4) is 0 Å². The lowest BCUT2D eigenvalue weighted by Crippen LogP contribution is -2.44. The molecule has 0 radical (unpaired) electrons. The van der Waals surface area contributed by atoms with Crippen molar-refractivity contribution in [2.45, 2.75) is 33.0 Å². The van der Waals surface area contributed by atoms with Crippen molar-refractivity contribution in [3.8, 4) is 11.4 Å². The summed E-state index contributed by atoms with van der Waals surface area (Å²) >= 11 is 0. The summed E-state index contributed by atoms with van der Waals surface area (Å²) in [7, 11) is 0. The zero-order valence-corrected chi connectivity index (χ0v) is 16.2. The summed E-state index contributed by atoms with van der Waals surface area (Å²) in [6.45, 7) is 7.21. The lowest BCUT2D eigenvalue weighted by molar-refractivity contribution is 0.0980. The van der Waals surface area contributed by atoms with Crippen LogP contribution in [0.1, 0.15) is 25.1 Å². The first kappa shape index (κ1) is 18.5. The molecule has 28 heavy (non-hydrogen) atoms. The number of aromatic nitrogens is 2. The predicted octanol–water partition coefficient (Wildman–Crippen LogP) is 2.42. The molecule has 1 saturated heterocycles. The van der Waals surface area contributed by atoms with Gasteiger partial charge in [-0.1, -0.05) is 0 Å². The zero-order valence-electron chi connectivity index (χ0n) is 16.2. The maximum Gasteiger partial charge on any atom is 0.410 e. The van der Waals surface area contributed by atoms with E-state index in [0.717, 1.165) is 29.2 Å². The Hall–Kier alpha value is -2.87. The highest BCUT2D eigenvalue weighted by atomic mass is 16.6. The van der Waals surface area contributed by atoms with Gasteiger partial charge in [0.25, 0.3) is 0 Å². The highest BCUT2D eigenvalue weighted by Crippen LogP contribution is 2.33. The van der Waals surface area contributed by atoms with Gasteiger partial charge in [0.2, 0.25) is 0 Å². The van der Waals surface area contributed by atoms with Crippen molar-refractivity contribution < 1.29 is 14.3 Å². The van der Waals surface area contributed by atoms with Gasteiger partial charge < -0.3 is 20.1 Å². The van der Waals surface area contributed by atoms with Crippen LogP contribution in [0.25, 0.3) is 11.4 Å². The molecule has 0 saturated carbocycles. The number of nitrogens with zero attached hydrogens (tertiary/aromatic N) is 4. The Bertz CT molecular complexity index is 871. The number of nitrogens with two attached hydrogens (primary N) is 1. The number of morpholine rings is 1. The predicted molar refractivity (Wildman–Crippen MR) is 106 cm³/mol. The number of hydrogen-bond acceptors (Lipinski definition) is 7. The van der Waals surface area contributed by atoms with Crippen LogP contribution in [-0.2, 0) is 22.6 Å². The van der Waals surface area contributed by atoms with E-state index in [1.54, 1.807) is 11.8 Å². The highest BCUT2D eigenvalue weighted by molar-refractivity contribution is 5.71. The lowest BCUT2D eigenvalue weighted by Gasteiger charge is -2.35. The number of carbonyl (C=O) groups excluding carboxylic acids is 1. The van der Waals surface area contributed by atoms with Gasteiger partial charge in [0.15, 0.2) is 5.82 Å². The fraction of sp³-hybridized carbons (Fsp3) is 0.450. The first-order valence-electron chi connectivity index (χ1n) is 9.58. The third-order valence-electron chi connectivity index (χ3n) is 5.10. The van der Waals surface area contributed by atoms with Gasteiger partial charge in [0.05, 0.1) is 44.6 Å². The monoisotopic (exact) mass is 383 g/mol. The third kappa shape index (κ3) is 3.47. The van der Waals surface area contributed by atoms with E-state index in [0.29, 0.717) is 44.4 Å². The molecule has 1 amide bonds. The van der Waals surface area contributed by atoms with E-state index in [4.69, 9.17) is 25.2 Å². The molecule has 1 aromatic heterocycles. The van der Waals surface area contributed by atoms with Crippen LogP contribution in [0.15, 0.2) is 24.3 Å². The Kier molecular flexibility index (Phi) is 5.04. The van der Waals surface area contributed by atoms with Gasteiger partial charge in [-0.2, -0.15) is 0 Å². The molecular weight excluding hydrogens is 358 g/mol. The number of hydrogen-bond donors (Lipinski definition) is 1. The summed E-state index contributed by atoms with van der Waals surface area (Å²) in [5.74, 6) is 1.51. The van der Waals surface area contributed by atoms with Gasteiger partial charge in [0, 0.05) is 23.4 Å². The number of benzene rings is 1. The van der Waals surface area contributed by atoms with E-state index in [1.807, 2.05) is 24.3 Å². The molecule has 2 aromatic rings. The van der Waals surface area contributed by atoms with E-state index < -0.39 is 0 Å². The Morgan fingerprint density at radius 2 is 2.07 bits per heavy atom. The maximum absolute atomic E-state index is 12.3. The molecule has 2 aliphatic rings. The van der Waals surface area contributed by atoms with Crippen molar-refractivity contribution >= 4 is 17.6 Å². The van der Waals surface area contributed by atoms with E-state index in [2.05, 4.69) is 11.8 Å². The number of carbonyl (C=O) groups is 1. The molecule has 1 atom stereocenters. The fourth-order valence-electron chi connectivity index (χ4n) is 3.62. The van der Waals surface area contributed by atoms with Gasteiger partial charge >= 0.3 is 6.09 Å². The van der Waals surface area contributed by atoms with Crippen molar-refractivity contribution in [1.82, 2.24) is 14.9 Å². The summed E-state index contributed by atoms with van der Waals surface area (Å²) in [6, 6.07) is 7.72. The lowest BCUT2D eigenvalue weighted by atomic mass is 10.1. The second kappa shape index (κ2) is 7.63. The van der Waals surface area contributed by atoms with Crippen molar-refractivity contribution in [2.75, 3.05) is 37.0 Å². The summed E-state index contributed by atoms with van der Waals surface area (Å²) in [5.41, 5.74) is 9.26. The first-order valence-corrected chi connectivity index (χ1v) is 9.58. The smallest absolute Gasteiger partial charge is 0.410 e. The molecule has 0 unspecified atom stereocenters. The summed E-state index contributed by atoms with van der Waals surface area (Å²) < 4.78 is 10.8. The molecule has 2 N–H and O–H groups in total. The van der Waals surface area contributed by atoms with Gasteiger partial charge in [-0.3, -0.25) is 4.90 Å². The second-order valence-electron chi connectivity index (χ2n) is 7.09. The minimum atomic E-state index is -0.324. The summed E-state index contributed by atoms with van der Waals surface area (Å²) in [6.07, 6.45) is -0.324. The van der Waals surface area contributed by atoms with Gasteiger partial charge in [-0.25, -0.2) is 14.8 Å².